The normalized spacial score (nSPS) is 13.7. The summed E-state index contributed by atoms with van der Waals surface area (Å²) in [7, 11) is 0. The van der Waals surface area contributed by atoms with Crippen LogP contribution in [0.15, 0.2) is 48.5 Å². The van der Waals surface area contributed by atoms with E-state index in [9.17, 15) is 14.4 Å². The van der Waals surface area contributed by atoms with E-state index in [-0.39, 0.29) is 11.8 Å². The molecule has 1 heterocycles. The molecular formula is C22H21ClN2O4. The molecule has 1 aliphatic rings. The van der Waals surface area contributed by atoms with Gasteiger partial charge in [-0.05, 0) is 55.3 Å². The second-order valence-corrected chi connectivity index (χ2v) is 6.91. The first-order valence-corrected chi connectivity index (χ1v) is 9.72. The van der Waals surface area contributed by atoms with Gasteiger partial charge in [-0.25, -0.2) is 4.79 Å². The number of carbonyl (C=O) groups is 3. The molecule has 1 saturated heterocycles. The van der Waals surface area contributed by atoms with Crippen molar-refractivity contribution < 1.29 is 19.1 Å². The number of hydrogen-bond donors (Lipinski definition) is 1. The van der Waals surface area contributed by atoms with Crippen LogP contribution < -0.4 is 10.2 Å². The summed E-state index contributed by atoms with van der Waals surface area (Å²) in [5.41, 5.74) is 2.30. The standard InChI is InChI=1S/C22H21ClN2O4/c1-2-29-21(27)12-7-15-5-9-17(10-6-15)24-22(28)18-11-8-16(23)14-19(18)25-13-3-4-20(25)26/h5-12,14H,2-4,13H2,1H3,(H,24,28)/b12-7+. The largest absolute Gasteiger partial charge is 0.463 e. The third-order valence-corrected chi connectivity index (χ3v) is 4.67. The van der Waals surface area contributed by atoms with Crippen LogP contribution in [0.5, 0.6) is 0 Å². The lowest BCUT2D eigenvalue weighted by Crippen LogP contribution is -2.27. The van der Waals surface area contributed by atoms with Crippen LogP contribution in [0.1, 0.15) is 35.7 Å². The molecule has 3 rings (SSSR count). The fourth-order valence-corrected chi connectivity index (χ4v) is 3.22. The van der Waals surface area contributed by atoms with Gasteiger partial charge in [0.2, 0.25) is 5.91 Å². The molecule has 1 N–H and O–H groups in total. The SMILES string of the molecule is CCOC(=O)/C=C/c1ccc(NC(=O)c2ccc(Cl)cc2N2CCCC2=O)cc1. The van der Waals surface area contributed by atoms with E-state index >= 15 is 0 Å². The van der Waals surface area contributed by atoms with Crippen molar-refractivity contribution in [1.82, 2.24) is 0 Å². The molecule has 29 heavy (non-hydrogen) atoms. The van der Waals surface area contributed by atoms with Gasteiger partial charge in [-0.2, -0.15) is 0 Å². The molecule has 0 bridgehead atoms. The summed E-state index contributed by atoms with van der Waals surface area (Å²) in [4.78, 5) is 37.9. The number of amides is 2. The highest BCUT2D eigenvalue weighted by atomic mass is 35.5. The number of anilines is 2. The number of rotatable bonds is 6. The van der Waals surface area contributed by atoms with E-state index in [4.69, 9.17) is 16.3 Å². The van der Waals surface area contributed by atoms with Gasteiger partial charge in [0.1, 0.15) is 0 Å². The van der Waals surface area contributed by atoms with Crippen molar-refractivity contribution in [1.29, 1.82) is 0 Å². The number of hydrogen-bond acceptors (Lipinski definition) is 4. The molecule has 0 radical (unpaired) electrons. The molecule has 0 aliphatic carbocycles. The first-order valence-electron chi connectivity index (χ1n) is 9.34. The summed E-state index contributed by atoms with van der Waals surface area (Å²) in [5, 5.41) is 3.30. The van der Waals surface area contributed by atoms with Gasteiger partial charge in [0, 0.05) is 29.8 Å². The molecule has 2 aromatic carbocycles. The summed E-state index contributed by atoms with van der Waals surface area (Å²) in [6.45, 7) is 2.64. The molecule has 0 atom stereocenters. The second kappa shape index (κ2) is 9.39. The van der Waals surface area contributed by atoms with Crippen LogP contribution in [0.3, 0.4) is 0 Å². The van der Waals surface area contributed by atoms with E-state index in [1.165, 1.54) is 6.08 Å². The van der Waals surface area contributed by atoms with Gasteiger partial charge in [0.15, 0.2) is 0 Å². The number of nitrogens with one attached hydrogen (secondary N) is 1. The predicted molar refractivity (Wildman–Crippen MR) is 113 cm³/mol. The van der Waals surface area contributed by atoms with Gasteiger partial charge in [0.05, 0.1) is 17.9 Å². The first-order chi connectivity index (χ1) is 14.0. The van der Waals surface area contributed by atoms with Gasteiger partial charge >= 0.3 is 5.97 Å². The topological polar surface area (TPSA) is 75.7 Å². The minimum Gasteiger partial charge on any atom is -0.463 e. The van der Waals surface area contributed by atoms with Crippen molar-refractivity contribution >= 4 is 46.8 Å². The lowest BCUT2D eigenvalue weighted by Gasteiger charge is -2.19. The van der Waals surface area contributed by atoms with E-state index in [0.717, 1.165) is 12.0 Å². The third kappa shape index (κ3) is 5.23. The van der Waals surface area contributed by atoms with Gasteiger partial charge in [0.25, 0.3) is 5.91 Å². The minimum atomic E-state index is -0.406. The third-order valence-electron chi connectivity index (χ3n) is 4.44. The molecule has 7 heteroatoms. The molecule has 0 saturated carbocycles. The number of benzene rings is 2. The predicted octanol–water partition coefficient (Wildman–Crippen LogP) is 4.30. The number of ether oxygens (including phenoxy) is 1. The zero-order valence-corrected chi connectivity index (χ0v) is 16.7. The molecule has 0 aromatic heterocycles. The smallest absolute Gasteiger partial charge is 0.330 e. The highest BCUT2D eigenvalue weighted by Crippen LogP contribution is 2.29. The second-order valence-electron chi connectivity index (χ2n) is 6.47. The molecule has 1 aliphatic heterocycles. The Hall–Kier alpha value is -3.12. The average Bonchev–Trinajstić information content (AvgIpc) is 3.13. The van der Waals surface area contributed by atoms with Crippen LogP contribution >= 0.6 is 11.6 Å². The van der Waals surface area contributed by atoms with Crippen LogP contribution in [-0.4, -0.2) is 30.9 Å². The van der Waals surface area contributed by atoms with Crippen LogP contribution in [0.25, 0.3) is 6.08 Å². The molecule has 2 amide bonds. The molecule has 2 aromatic rings. The van der Waals surface area contributed by atoms with E-state index in [0.29, 0.717) is 41.5 Å². The Balaban J connectivity index is 1.74. The van der Waals surface area contributed by atoms with E-state index in [1.807, 2.05) is 0 Å². The van der Waals surface area contributed by atoms with Crippen LogP contribution in [0.4, 0.5) is 11.4 Å². The van der Waals surface area contributed by atoms with E-state index < -0.39 is 5.97 Å². The fraction of sp³-hybridized carbons (Fsp3) is 0.227. The van der Waals surface area contributed by atoms with Crippen LogP contribution in [-0.2, 0) is 14.3 Å². The Morgan fingerprint density at radius 1 is 1.21 bits per heavy atom. The lowest BCUT2D eigenvalue weighted by molar-refractivity contribution is -0.137. The summed E-state index contributed by atoms with van der Waals surface area (Å²) in [6, 6.07) is 11.9. The van der Waals surface area contributed by atoms with Crippen LogP contribution in [0, 0.1) is 0 Å². The summed E-state index contributed by atoms with van der Waals surface area (Å²) < 4.78 is 4.84. The van der Waals surface area contributed by atoms with Crippen LogP contribution in [0.2, 0.25) is 5.02 Å². The van der Waals surface area contributed by atoms with E-state index in [1.54, 1.807) is 60.4 Å². The van der Waals surface area contributed by atoms with Crippen molar-refractivity contribution in [2.75, 3.05) is 23.4 Å². The van der Waals surface area contributed by atoms with Gasteiger partial charge in [-0.3, -0.25) is 9.59 Å². The minimum absolute atomic E-state index is 0.0148. The van der Waals surface area contributed by atoms with Gasteiger partial charge < -0.3 is 15.0 Å². The van der Waals surface area contributed by atoms with Gasteiger partial charge in [-0.15, -0.1) is 0 Å². The number of nitrogens with zero attached hydrogens (tertiary/aromatic N) is 1. The maximum atomic E-state index is 12.8. The molecule has 0 spiro atoms. The van der Waals surface area contributed by atoms with Crippen molar-refractivity contribution in [3.8, 4) is 0 Å². The Bertz CT molecular complexity index is 954. The summed E-state index contributed by atoms with van der Waals surface area (Å²) >= 11 is 6.09. The molecule has 6 nitrogen and oxygen atoms in total. The maximum absolute atomic E-state index is 12.8. The quantitative estimate of drug-likeness (QED) is 0.567. The maximum Gasteiger partial charge on any atom is 0.330 e. The highest BCUT2D eigenvalue weighted by Gasteiger charge is 2.26. The van der Waals surface area contributed by atoms with Crippen molar-refractivity contribution in [2.24, 2.45) is 0 Å². The zero-order chi connectivity index (χ0) is 20.8. The number of halogens is 1. The Kier molecular flexibility index (Phi) is 6.67. The Morgan fingerprint density at radius 3 is 2.62 bits per heavy atom. The zero-order valence-electron chi connectivity index (χ0n) is 16.0. The number of carbonyl (C=O) groups excluding carboxylic acids is 3. The average molecular weight is 413 g/mol. The number of esters is 1. The molecule has 1 fully saturated rings. The summed E-state index contributed by atoms with van der Waals surface area (Å²) in [6.07, 6.45) is 4.21. The first kappa shape index (κ1) is 20.6. The molecular weight excluding hydrogens is 392 g/mol. The van der Waals surface area contributed by atoms with Crippen molar-refractivity contribution in [3.05, 3.63) is 64.7 Å². The molecule has 0 unspecified atom stereocenters. The van der Waals surface area contributed by atoms with Crippen molar-refractivity contribution in [2.45, 2.75) is 19.8 Å². The van der Waals surface area contributed by atoms with E-state index in [2.05, 4.69) is 5.32 Å². The fourth-order valence-electron chi connectivity index (χ4n) is 3.05. The monoisotopic (exact) mass is 412 g/mol. The van der Waals surface area contributed by atoms with Crippen molar-refractivity contribution in [3.63, 3.8) is 0 Å². The molecule has 150 valence electrons. The Morgan fingerprint density at radius 2 is 1.97 bits per heavy atom. The lowest BCUT2D eigenvalue weighted by atomic mass is 10.1. The van der Waals surface area contributed by atoms with Gasteiger partial charge in [-0.1, -0.05) is 23.7 Å². The summed E-state index contributed by atoms with van der Waals surface area (Å²) in [5.74, 6) is -0.748. The highest BCUT2D eigenvalue weighted by molar-refractivity contribution is 6.31. The Labute approximate surface area is 174 Å².